The molecule has 1 saturated carbocycles. The number of aromatic amines is 1. The second kappa shape index (κ2) is 7.29. The Balaban J connectivity index is 1.59. The Bertz CT molecular complexity index is 1210. The molecule has 0 radical (unpaired) electrons. The average molecular weight is 432 g/mol. The Morgan fingerprint density at radius 1 is 1.19 bits per heavy atom. The van der Waals surface area contributed by atoms with E-state index in [0.29, 0.717) is 11.8 Å². The van der Waals surface area contributed by atoms with Crippen molar-refractivity contribution in [2.75, 3.05) is 10.6 Å². The minimum absolute atomic E-state index is 0.0616. The third kappa shape index (κ3) is 3.28. The first-order valence-corrected chi connectivity index (χ1v) is 10.8. The highest BCUT2D eigenvalue weighted by atomic mass is 19.1. The third-order valence-electron chi connectivity index (χ3n) is 6.63. The third-order valence-corrected chi connectivity index (χ3v) is 6.63. The number of hydrogen-bond donors (Lipinski definition) is 3. The molecule has 6 rings (SSSR count). The molecule has 32 heavy (non-hydrogen) atoms. The molecule has 1 unspecified atom stereocenters. The van der Waals surface area contributed by atoms with E-state index in [2.05, 4.69) is 27.5 Å². The van der Waals surface area contributed by atoms with Gasteiger partial charge in [0.1, 0.15) is 5.82 Å². The van der Waals surface area contributed by atoms with Gasteiger partial charge in [-0.3, -0.25) is 9.59 Å². The van der Waals surface area contributed by atoms with Crippen molar-refractivity contribution in [3.05, 3.63) is 59.9 Å². The summed E-state index contributed by atoms with van der Waals surface area (Å²) in [7, 11) is 0. The maximum absolute atomic E-state index is 14.0. The Hall–Kier alpha value is -3.48. The van der Waals surface area contributed by atoms with E-state index in [4.69, 9.17) is 0 Å². The highest BCUT2D eigenvalue weighted by molar-refractivity contribution is 6.10. The van der Waals surface area contributed by atoms with Crippen LogP contribution in [0.15, 0.2) is 48.7 Å². The van der Waals surface area contributed by atoms with E-state index in [-0.39, 0.29) is 17.5 Å². The summed E-state index contributed by atoms with van der Waals surface area (Å²) < 4.78 is 14.0. The highest BCUT2D eigenvalue weighted by Gasteiger charge is 2.51. The van der Waals surface area contributed by atoms with Crippen LogP contribution in [0.1, 0.15) is 49.2 Å². The van der Waals surface area contributed by atoms with Crippen molar-refractivity contribution in [1.82, 2.24) is 9.97 Å². The van der Waals surface area contributed by atoms with Crippen LogP contribution in [-0.2, 0) is 4.79 Å². The van der Waals surface area contributed by atoms with Gasteiger partial charge in [-0.05, 0) is 50.5 Å². The average Bonchev–Trinajstić information content (AvgIpc) is 3.13. The van der Waals surface area contributed by atoms with E-state index in [1.807, 2.05) is 36.4 Å². The lowest BCUT2D eigenvalue weighted by Gasteiger charge is -2.46. The fraction of sp³-hybridized carbons (Fsp3) is 0.320. The van der Waals surface area contributed by atoms with E-state index < -0.39 is 11.6 Å². The number of carbonyl (C=O) groups excluding carboxylic acids is 2. The normalized spacial score (nSPS) is 21.5. The molecule has 3 aromatic rings. The quantitative estimate of drug-likeness (QED) is 0.501. The van der Waals surface area contributed by atoms with E-state index in [1.165, 1.54) is 13.8 Å². The van der Waals surface area contributed by atoms with E-state index in [9.17, 15) is 14.0 Å². The Morgan fingerprint density at radius 3 is 2.62 bits per heavy atom. The summed E-state index contributed by atoms with van der Waals surface area (Å²) in [6, 6.07) is 13.2. The van der Waals surface area contributed by atoms with Crippen LogP contribution in [0.3, 0.4) is 0 Å². The van der Waals surface area contributed by atoms with Crippen LogP contribution in [0.4, 0.5) is 21.6 Å². The zero-order chi connectivity index (χ0) is 22.6. The van der Waals surface area contributed by atoms with Crippen molar-refractivity contribution in [3.63, 3.8) is 0 Å². The molecule has 3 atom stereocenters. The number of aromatic nitrogens is 2. The number of nitrogens with one attached hydrogen (secondary N) is 3. The molecule has 6 nitrogen and oxygen atoms in total. The predicted molar refractivity (Wildman–Crippen MR) is 122 cm³/mol. The summed E-state index contributed by atoms with van der Waals surface area (Å²) in [6.45, 7) is 4.53. The number of halogens is 1. The van der Waals surface area contributed by atoms with Crippen LogP contribution >= 0.6 is 0 Å². The van der Waals surface area contributed by atoms with Gasteiger partial charge in [0.15, 0.2) is 11.5 Å². The van der Waals surface area contributed by atoms with Gasteiger partial charge in [-0.25, -0.2) is 9.37 Å². The smallest absolute Gasteiger partial charge is 0.262 e. The lowest BCUT2D eigenvalue weighted by atomic mass is 9.57. The Morgan fingerprint density at radius 2 is 1.94 bits per heavy atom. The number of Topliss-reactive ketones (excluding diaryl/α,β-unsaturated/α-hetero) is 1. The summed E-state index contributed by atoms with van der Waals surface area (Å²) in [5.74, 6) is 0.362. The molecule has 1 fully saturated rings. The number of H-pyrrole nitrogens is 1. The molecular weight excluding hydrogens is 407 g/mol. The SMILES string of the molecule is C[C@@H]1C2C[C@@H]1C(=O)c1c2[nH]c(-c2ccnc(NC(=O)C(C)(C)F)c2)c1Nc1ccccc1. The van der Waals surface area contributed by atoms with Crippen LogP contribution in [0, 0.1) is 11.8 Å². The number of rotatable bonds is 5. The predicted octanol–water partition coefficient (Wildman–Crippen LogP) is 5.44. The number of anilines is 3. The minimum atomic E-state index is -2.02. The maximum Gasteiger partial charge on any atom is 0.262 e. The number of hydrogen-bond acceptors (Lipinski definition) is 4. The molecule has 2 aromatic heterocycles. The van der Waals surface area contributed by atoms with E-state index in [1.54, 1.807) is 12.3 Å². The topological polar surface area (TPSA) is 86.9 Å². The molecule has 0 aliphatic heterocycles. The summed E-state index contributed by atoms with van der Waals surface area (Å²) in [5, 5.41) is 5.96. The second-order valence-electron chi connectivity index (χ2n) is 9.18. The molecular formula is C25H25FN4O2. The van der Waals surface area contributed by atoms with Gasteiger partial charge in [-0.1, -0.05) is 25.1 Å². The van der Waals surface area contributed by atoms with Crippen LogP contribution in [0.5, 0.6) is 0 Å². The zero-order valence-electron chi connectivity index (χ0n) is 18.2. The van der Waals surface area contributed by atoms with Gasteiger partial charge in [0, 0.05) is 35.0 Å². The summed E-state index contributed by atoms with van der Waals surface area (Å²) in [4.78, 5) is 33.0. The summed E-state index contributed by atoms with van der Waals surface area (Å²) in [5.41, 5.74) is 2.76. The molecule has 3 aliphatic rings. The largest absolute Gasteiger partial charge is 0.356 e. The first-order chi connectivity index (χ1) is 15.2. The molecule has 1 aromatic carbocycles. The first-order valence-electron chi connectivity index (χ1n) is 10.8. The number of amides is 1. The van der Waals surface area contributed by atoms with Gasteiger partial charge in [0.25, 0.3) is 5.91 Å². The van der Waals surface area contributed by atoms with Crippen LogP contribution in [0.2, 0.25) is 0 Å². The molecule has 3 N–H and O–H groups in total. The maximum atomic E-state index is 14.0. The number of benzene rings is 1. The number of para-hydroxylation sites is 1. The van der Waals surface area contributed by atoms with Gasteiger partial charge in [-0.2, -0.15) is 0 Å². The molecule has 1 amide bonds. The number of nitrogens with zero attached hydrogens (tertiary/aromatic N) is 1. The van der Waals surface area contributed by atoms with E-state index >= 15 is 0 Å². The number of alkyl halides is 1. The van der Waals surface area contributed by atoms with Crippen molar-refractivity contribution in [2.24, 2.45) is 11.8 Å². The van der Waals surface area contributed by atoms with Crippen molar-refractivity contribution < 1.29 is 14.0 Å². The van der Waals surface area contributed by atoms with Gasteiger partial charge in [0.2, 0.25) is 0 Å². The number of pyridine rings is 1. The van der Waals surface area contributed by atoms with Crippen molar-refractivity contribution in [2.45, 2.75) is 38.8 Å². The van der Waals surface area contributed by atoms with Gasteiger partial charge >= 0.3 is 0 Å². The van der Waals surface area contributed by atoms with Crippen molar-refractivity contribution in [3.8, 4) is 11.3 Å². The van der Waals surface area contributed by atoms with Gasteiger partial charge < -0.3 is 15.6 Å². The minimum Gasteiger partial charge on any atom is -0.356 e. The first kappa shape index (κ1) is 20.4. The van der Waals surface area contributed by atoms with Crippen LogP contribution < -0.4 is 10.6 Å². The van der Waals surface area contributed by atoms with Crippen LogP contribution in [-0.4, -0.2) is 27.3 Å². The van der Waals surface area contributed by atoms with Crippen molar-refractivity contribution >= 4 is 28.9 Å². The fourth-order valence-electron chi connectivity index (χ4n) is 4.68. The molecule has 2 bridgehead atoms. The van der Waals surface area contributed by atoms with Crippen LogP contribution in [0.25, 0.3) is 11.3 Å². The van der Waals surface area contributed by atoms with Gasteiger partial charge in [0.05, 0.1) is 16.9 Å². The molecule has 164 valence electrons. The highest BCUT2D eigenvalue weighted by Crippen LogP contribution is 2.56. The number of carbonyl (C=O) groups is 2. The van der Waals surface area contributed by atoms with E-state index in [0.717, 1.165) is 40.3 Å². The lowest BCUT2D eigenvalue weighted by Crippen LogP contribution is -2.43. The summed E-state index contributed by atoms with van der Waals surface area (Å²) in [6.07, 6.45) is 2.44. The Labute approximate surface area is 185 Å². The molecule has 7 heteroatoms. The van der Waals surface area contributed by atoms with Gasteiger partial charge in [-0.15, -0.1) is 0 Å². The monoisotopic (exact) mass is 432 g/mol. The fourth-order valence-corrected chi connectivity index (χ4v) is 4.68. The molecule has 2 heterocycles. The zero-order valence-corrected chi connectivity index (χ0v) is 18.2. The molecule has 3 aliphatic carbocycles. The molecule has 0 spiro atoms. The second-order valence-corrected chi connectivity index (χ2v) is 9.18. The molecule has 0 saturated heterocycles. The number of ketones is 1. The standard InChI is InChI=1S/C25H25FN4O2/c1-13-16-12-17(13)23(31)19-21(16)30-20(22(19)28-15-7-5-4-6-8-15)14-9-10-27-18(11-14)29-24(32)25(2,3)26/h4-11,13,16-17,28,30H,12H2,1-3H3,(H,27,29,32)/t13-,16?,17+/m1/s1. The van der Waals surface area contributed by atoms with Crippen molar-refractivity contribution in [1.29, 1.82) is 0 Å². The lowest BCUT2D eigenvalue weighted by molar-refractivity contribution is -0.125. The summed E-state index contributed by atoms with van der Waals surface area (Å²) >= 11 is 0. The Kier molecular flexibility index (Phi) is 4.65.